The Labute approximate surface area is 193 Å². The van der Waals surface area contributed by atoms with Crippen LogP contribution in [0, 0.1) is 6.92 Å². The van der Waals surface area contributed by atoms with E-state index in [0.29, 0.717) is 10.7 Å². The lowest BCUT2D eigenvalue weighted by Gasteiger charge is -2.12. The van der Waals surface area contributed by atoms with Gasteiger partial charge in [-0.05, 0) is 25.5 Å². The fourth-order valence-electron chi connectivity index (χ4n) is 3.44. The minimum Gasteiger partial charge on any atom is -0.287 e. The first-order chi connectivity index (χ1) is 15.6. The second kappa shape index (κ2) is 8.72. The van der Waals surface area contributed by atoms with Crippen molar-refractivity contribution in [3.05, 3.63) is 93.5 Å². The van der Waals surface area contributed by atoms with Gasteiger partial charge in [-0.2, -0.15) is 9.61 Å². The summed E-state index contributed by atoms with van der Waals surface area (Å²) in [7, 11) is 0. The Bertz CT molecular complexity index is 1440. The van der Waals surface area contributed by atoms with Gasteiger partial charge in [0.1, 0.15) is 5.01 Å². The zero-order valence-corrected chi connectivity index (χ0v) is 19.4. The van der Waals surface area contributed by atoms with Crippen LogP contribution in [0.15, 0.2) is 76.8 Å². The van der Waals surface area contributed by atoms with Gasteiger partial charge in [0.15, 0.2) is 5.16 Å². The minimum atomic E-state index is -0.145. The lowest BCUT2D eigenvalue weighted by Crippen LogP contribution is -2.15. The van der Waals surface area contributed by atoms with Crippen LogP contribution < -0.4 is 5.56 Å². The molecular formula is C24H21N5OS2. The average molecular weight is 460 g/mol. The van der Waals surface area contributed by atoms with Gasteiger partial charge < -0.3 is 0 Å². The maximum absolute atomic E-state index is 12.5. The molecule has 0 saturated heterocycles. The molecule has 0 atom stereocenters. The van der Waals surface area contributed by atoms with Crippen molar-refractivity contribution in [1.82, 2.24) is 24.1 Å². The molecule has 0 bridgehead atoms. The number of aryl methyl sites for hydroxylation is 2. The molecule has 0 aliphatic heterocycles. The Morgan fingerprint density at radius 3 is 2.59 bits per heavy atom. The number of fused-ring (bicyclic) bond motifs is 1. The molecule has 0 unspecified atom stereocenters. The topological polar surface area (TPSA) is 65.1 Å². The second-order valence-corrected chi connectivity index (χ2v) is 9.36. The number of hydrogen-bond donors (Lipinski definition) is 0. The molecular weight excluding hydrogens is 438 g/mol. The zero-order valence-electron chi connectivity index (χ0n) is 17.7. The summed E-state index contributed by atoms with van der Waals surface area (Å²) in [5.74, 6) is 0.544. The van der Waals surface area contributed by atoms with E-state index in [0.717, 1.165) is 39.2 Å². The first-order valence-electron chi connectivity index (χ1n) is 10.3. The van der Waals surface area contributed by atoms with Gasteiger partial charge in [-0.15, -0.1) is 0 Å². The van der Waals surface area contributed by atoms with Gasteiger partial charge in [0, 0.05) is 23.1 Å². The maximum atomic E-state index is 12.5. The minimum absolute atomic E-state index is 0.145. The third kappa shape index (κ3) is 3.99. The van der Waals surface area contributed by atoms with E-state index in [9.17, 15) is 4.79 Å². The molecule has 0 saturated carbocycles. The Kier molecular flexibility index (Phi) is 5.63. The van der Waals surface area contributed by atoms with E-state index in [2.05, 4.69) is 58.0 Å². The van der Waals surface area contributed by atoms with Gasteiger partial charge in [-0.25, -0.2) is 9.97 Å². The van der Waals surface area contributed by atoms with E-state index in [-0.39, 0.29) is 5.56 Å². The van der Waals surface area contributed by atoms with Crippen LogP contribution in [0.1, 0.15) is 23.2 Å². The molecule has 2 aromatic carbocycles. The van der Waals surface area contributed by atoms with Crippen molar-refractivity contribution >= 4 is 28.1 Å². The summed E-state index contributed by atoms with van der Waals surface area (Å²) >= 11 is 3.03. The van der Waals surface area contributed by atoms with E-state index < -0.39 is 0 Å². The highest BCUT2D eigenvalue weighted by Crippen LogP contribution is 2.31. The van der Waals surface area contributed by atoms with Crippen LogP contribution in [-0.2, 0) is 12.2 Å². The van der Waals surface area contributed by atoms with Gasteiger partial charge in [-0.3, -0.25) is 9.36 Å². The van der Waals surface area contributed by atoms with Crippen molar-refractivity contribution in [2.24, 2.45) is 0 Å². The van der Waals surface area contributed by atoms with Gasteiger partial charge in [0.25, 0.3) is 5.56 Å². The molecule has 5 rings (SSSR count). The van der Waals surface area contributed by atoms with Gasteiger partial charge in [0.05, 0.1) is 17.6 Å². The first kappa shape index (κ1) is 20.7. The average Bonchev–Trinajstić information content (AvgIpc) is 3.43. The first-order valence-corrected chi connectivity index (χ1v) is 12.1. The summed E-state index contributed by atoms with van der Waals surface area (Å²) in [5, 5.41) is 6.08. The van der Waals surface area contributed by atoms with Gasteiger partial charge in [-0.1, -0.05) is 78.1 Å². The third-order valence-corrected chi connectivity index (χ3v) is 7.12. The predicted molar refractivity (Wildman–Crippen MR) is 130 cm³/mol. The Balaban J connectivity index is 1.51. The van der Waals surface area contributed by atoms with Crippen molar-refractivity contribution in [3.63, 3.8) is 0 Å². The number of hydrogen-bond acceptors (Lipinski definition) is 6. The molecule has 0 amide bonds. The highest BCUT2D eigenvalue weighted by Gasteiger charge is 2.15. The fourth-order valence-corrected chi connectivity index (χ4v) is 5.19. The molecule has 0 N–H and O–H groups in total. The van der Waals surface area contributed by atoms with Crippen LogP contribution in [0.4, 0.5) is 0 Å². The third-order valence-electron chi connectivity index (χ3n) is 5.08. The SMILES string of the molecule is CCc1nn2c(=O)cc(CSc3ncc(-c4ccccc4)n3-c3ccc(C)cc3)nc2s1. The van der Waals surface area contributed by atoms with E-state index in [4.69, 9.17) is 4.98 Å². The normalized spacial score (nSPS) is 11.3. The summed E-state index contributed by atoms with van der Waals surface area (Å²) in [5.41, 5.74) is 4.96. The number of imidazole rings is 1. The lowest BCUT2D eigenvalue weighted by molar-refractivity contribution is 0.851. The highest BCUT2D eigenvalue weighted by atomic mass is 32.2. The fraction of sp³-hybridized carbons (Fsp3) is 0.167. The quantitative estimate of drug-likeness (QED) is 0.328. The molecule has 5 aromatic rings. The molecule has 0 radical (unpaired) electrons. The van der Waals surface area contributed by atoms with Crippen molar-refractivity contribution in [1.29, 1.82) is 0 Å². The number of benzene rings is 2. The smallest absolute Gasteiger partial charge is 0.275 e. The monoisotopic (exact) mass is 459 g/mol. The van der Waals surface area contributed by atoms with Crippen LogP contribution in [0.3, 0.4) is 0 Å². The molecule has 3 heterocycles. The summed E-state index contributed by atoms with van der Waals surface area (Å²) in [4.78, 5) is 22.5. The summed E-state index contributed by atoms with van der Waals surface area (Å²) in [6.45, 7) is 4.10. The van der Waals surface area contributed by atoms with Crippen molar-refractivity contribution < 1.29 is 0 Å². The number of thioether (sulfide) groups is 1. The van der Waals surface area contributed by atoms with E-state index in [1.165, 1.54) is 21.4 Å². The lowest BCUT2D eigenvalue weighted by atomic mass is 10.1. The van der Waals surface area contributed by atoms with E-state index >= 15 is 0 Å². The highest BCUT2D eigenvalue weighted by molar-refractivity contribution is 7.98. The number of nitrogens with zero attached hydrogens (tertiary/aromatic N) is 5. The van der Waals surface area contributed by atoms with Crippen LogP contribution >= 0.6 is 23.1 Å². The van der Waals surface area contributed by atoms with Crippen molar-refractivity contribution in [3.8, 4) is 16.9 Å². The molecule has 6 nitrogen and oxygen atoms in total. The summed E-state index contributed by atoms with van der Waals surface area (Å²) in [6.07, 6.45) is 2.69. The number of rotatable bonds is 6. The molecule has 0 aliphatic carbocycles. The van der Waals surface area contributed by atoms with Crippen LogP contribution in [0.5, 0.6) is 0 Å². The maximum Gasteiger partial charge on any atom is 0.275 e. The molecule has 160 valence electrons. The summed E-state index contributed by atoms with van der Waals surface area (Å²) in [6, 6.07) is 20.2. The van der Waals surface area contributed by atoms with Crippen LogP contribution in [0.25, 0.3) is 21.9 Å². The van der Waals surface area contributed by atoms with Crippen LogP contribution in [-0.4, -0.2) is 24.1 Å². The second-order valence-electron chi connectivity index (χ2n) is 7.38. The van der Waals surface area contributed by atoms with Crippen LogP contribution in [0.2, 0.25) is 0 Å². The van der Waals surface area contributed by atoms with Crippen molar-refractivity contribution in [2.45, 2.75) is 31.2 Å². The Morgan fingerprint density at radius 2 is 1.84 bits per heavy atom. The van der Waals surface area contributed by atoms with Gasteiger partial charge >= 0.3 is 0 Å². The van der Waals surface area contributed by atoms with E-state index in [1.807, 2.05) is 31.3 Å². The molecule has 0 aliphatic rings. The largest absolute Gasteiger partial charge is 0.287 e. The molecule has 0 fully saturated rings. The standard InChI is InChI=1S/C24H21N5OS2/c1-3-21-27-29-22(30)13-18(26-24(29)32-21)15-31-23-25-14-20(17-7-5-4-6-8-17)28(23)19-11-9-16(2)10-12-19/h4-14H,3,15H2,1-2H3. The van der Waals surface area contributed by atoms with Crippen molar-refractivity contribution in [2.75, 3.05) is 0 Å². The predicted octanol–water partition coefficient (Wildman–Crippen LogP) is 5.17. The number of aromatic nitrogens is 5. The van der Waals surface area contributed by atoms with Gasteiger partial charge in [0.2, 0.25) is 4.96 Å². The Morgan fingerprint density at radius 1 is 1.06 bits per heavy atom. The summed E-state index contributed by atoms with van der Waals surface area (Å²) < 4.78 is 3.55. The zero-order chi connectivity index (χ0) is 22.1. The Hall–Kier alpha value is -3.23. The molecule has 32 heavy (non-hydrogen) atoms. The molecule has 0 spiro atoms. The van der Waals surface area contributed by atoms with E-state index in [1.54, 1.807) is 17.8 Å². The molecule has 3 aromatic heterocycles. The molecule has 8 heteroatoms.